The molecule has 10 heteroatoms. The molecule has 2 N–H and O–H groups in total. The van der Waals surface area contributed by atoms with Crippen LogP contribution < -0.4 is 15.5 Å². The Morgan fingerprint density at radius 3 is 2.53 bits per heavy atom. The summed E-state index contributed by atoms with van der Waals surface area (Å²) in [7, 11) is 0. The van der Waals surface area contributed by atoms with Crippen LogP contribution >= 0.6 is 11.6 Å². The van der Waals surface area contributed by atoms with Gasteiger partial charge >= 0.3 is 0 Å². The van der Waals surface area contributed by atoms with Gasteiger partial charge in [-0.2, -0.15) is 0 Å². The molecular formula is C24H23ClF3N3O3. The first kappa shape index (κ1) is 24.1. The zero-order valence-electron chi connectivity index (χ0n) is 18.1. The second-order valence-electron chi connectivity index (χ2n) is 8.59. The van der Waals surface area contributed by atoms with Crippen LogP contribution in [0.2, 0.25) is 5.02 Å². The van der Waals surface area contributed by atoms with Crippen molar-refractivity contribution in [3.63, 3.8) is 0 Å². The van der Waals surface area contributed by atoms with Gasteiger partial charge in [-0.15, -0.1) is 0 Å². The first-order valence-electron chi connectivity index (χ1n) is 11.0. The lowest BCUT2D eigenvalue weighted by molar-refractivity contribution is -0.134. The number of amides is 3. The number of alkyl halides is 2. The van der Waals surface area contributed by atoms with Crippen molar-refractivity contribution in [3.8, 4) is 0 Å². The van der Waals surface area contributed by atoms with Gasteiger partial charge in [-0.05, 0) is 37.1 Å². The number of benzene rings is 2. The van der Waals surface area contributed by atoms with Crippen LogP contribution in [0.15, 0.2) is 48.5 Å². The highest BCUT2D eigenvalue weighted by atomic mass is 35.5. The largest absolute Gasteiger partial charge is 0.351 e. The molecule has 2 aromatic rings. The smallest absolute Gasteiger partial charge is 0.252 e. The Hall–Kier alpha value is -3.07. The Morgan fingerprint density at radius 1 is 1.15 bits per heavy atom. The topological polar surface area (TPSA) is 78.5 Å². The summed E-state index contributed by atoms with van der Waals surface area (Å²) in [6, 6.07) is 8.38. The maximum atomic E-state index is 14.2. The van der Waals surface area contributed by atoms with Crippen LogP contribution in [0.5, 0.6) is 0 Å². The third-order valence-corrected chi connectivity index (χ3v) is 6.34. The van der Waals surface area contributed by atoms with Gasteiger partial charge in [0.05, 0.1) is 0 Å². The summed E-state index contributed by atoms with van der Waals surface area (Å²) in [4.78, 5) is 40.2. The minimum atomic E-state index is -2.86. The highest BCUT2D eigenvalue weighted by Gasteiger charge is 2.47. The zero-order valence-corrected chi connectivity index (χ0v) is 18.8. The van der Waals surface area contributed by atoms with Crippen LogP contribution in [0.4, 0.5) is 18.9 Å². The maximum Gasteiger partial charge on any atom is 0.252 e. The lowest BCUT2D eigenvalue weighted by atomic mass is 9.87. The van der Waals surface area contributed by atoms with Crippen molar-refractivity contribution in [2.24, 2.45) is 0 Å². The van der Waals surface area contributed by atoms with E-state index in [0.29, 0.717) is 12.8 Å². The lowest BCUT2D eigenvalue weighted by Crippen LogP contribution is -2.57. The Kier molecular flexibility index (Phi) is 6.84. The van der Waals surface area contributed by atoms with Crippen LogP contribution in [0, 0.1) is 5.82 Å². The molecule has 1 saturated carbocycles. The molecule has 1 unspecified atom stereocenters. The molecule has 2 aliphatic rings. The van der Waals surface area contributed by atoms with Crippen molar-refractivity contribution in [1.82, 2.24) is 10.6 Å². The Bertz CT molecular complexity index is 1110. The molecule has 0 spiro atoms. The maximum absolute atomic E-state index is 14.2. The van der Waals surface area contributed by atoms with Crippen molar-refractivity contribution in [2.45, 2.75) is 56.2 Å². The normalized spacial score (nSPS) is 20.6. The average Bonchev–Trinajstić information content (AvgIpc) is 2.76. The van der Waals surface area contributed by atoms with E-state index in [1.54, 1.807) is 18.2 Å². The number of piperidine rings is 1. The number of anilines is 1. The van der Waals surface area contributed by atoms with E-state index in [2.05, 4.69) is 10.6 Å². The standard InChI is InChI=1S/C24H23ClF3N3O3/c25-18-8-2-1-7-17(18)21(22(33)29-15-12-24(27,28)13-15)31(16-6-3-5-14(26)11-16)23(34)19-9-4-10-20(32)30-19/h1-3,5-8,11,15,19,21H,4,9-10,12-13H2,(H,29,33)(H,30,32)/t19-,21?/m0/s1. The van der Waals surface area contributed by atoms with Crippen molar-refractivity contribution < 1.29 is 27.6 Å². The molecule has 0 radical (unpaired) electrons. The van der Waals surface area contributed by atoms with E-state index >= 15 is 0 Å². The highest BCUT2D eigenvalue weighted by molar-refractivity contribution is 6.31. The minimum Gasteiger partial charge on any atom is -0.351 e. The summed E-state index contributed by atoms with van der Waals surface area (Å²) >= 11 is 6.39. The molecular weight excluding hydrogens is 471 g/mol. The summed E-state index contributed by atoms with van der Waals surface area (Å²) in [5, 5.41) is 5.37. The van der Waals surface area contributed by atoms with Crippen LogP contribution in [-0.4, -0.2) is 35.7 Å². The second-order valence-corrected chi connectivity index (χ2v) is 9.00. The monoisotopic (exact) mass is 493 g/mol. The van der Waals surface area contributed by atoms with Gasteiger partial charge in [0.25, 0.3) is 11.8 Å². The predicted molar refractivity (Wildman–Crippen MR) is 120 cm³/mol. The molecule has 3 amide bonds. The van der Waals surface area contributed by atoms with Crippen molar-refractivity contribution >= 4 is 35.0 Å². The van der Waals surface area contributed by atoms with Crippen LogP contribution in [0.1, 0.15) is 43.7 Å². The van der Waals surface area contributed by atoms with Crippen molar-refractivity contribution in [1.29, 1.82) is 0 Å². The fraction of sp³-hybridized carbons (Fsp3) is 0.375. The lowest BCUT2D eigenvalue weighted by Gasteiger charge is -2.39. The molecule has 2 fully saturated rings. The third kappa shape index (κ3) is 5.19. The summed E-state index contributed by atoms with van der Waals surface area (Å²) in [5.74, 6) is -5.16. The fourth-order valence-corrected chi connectivity index (χ4v) is 4.56. The summed E-state index contributed by atoms with van der Waals surface area (Å²) in [6.07, 6.45) is 0.0522. The Morgan fingerprint density at radius 2 is 1.88 bits per heavy atom. The number of hydrogen-bond acceptors (Lipinski definition) is 3. The molecule has 2 aromatic carbocycles. The van der Waals surface area contributed by atoms with Gasteiger partial charge in [0, 0.05) is 41.6 Å². The van der Waals surface area contributed by atoms with E-state index in [1.807, 2.05) is 0 Å². The van der Waals surface area contributed by atoms with E-state index in [0.717, 1.165) is 11.0 Å². The molecule has 34 heavy (non-hydrogen) atoms. The first-order valence-corrected chi connectivity index (χ1v) is 11.3. The Balaban J connectivity index is 1.77. The van der Waals surface area contributed by atoms with Gasteiger partial charge in [0.15, 0.2) is 0 Å². The molecule has 4 rings (SSSR count). The number of nitrogens with one attached hydrogen (secondary N) is 2. The number of hydrogen-bond donors (Lipinski definition) is 2. The molecule has 180 valence electrons. The summed E-state index contributed by atoms with van der Waals surface area (Å²) in [6.45, 7) is 0. The molecule has 2 atom stereocenters. The fourth-order valence-electron chi connectivity index (χ4n) is 4.33. The number of carbonyl (C=O) groups is 3. The number of carbonyl (C=O) groups excluding carboxylic acids is 3. The van der Waals surface area contributed by atoms with E-state index in [9.17, 15) is 27.6 Å². The number of rotatable bonds is 6. The van der Waals surface area contributed by atoms with Gasteiger partial charge in [-0.25, -0.2) is 13.2 Å². The van der Waals surface area contributed by atoms with Gasteiger partial charge in [0.2, 0.25) is 11.8 Å². The van der Waals surface area contributed by atoms with Gasteiger partial charge in [-0.1, -0.05) is 35.9 Å². The average molecular weight is 494 g/mol. The van der Waals surface area contributed by atoms with Crippen LogP contribution in [0.25, 0.3) is 0 Å². The predicted octanol–water partition coefficient (Wildman–Crippen LogP) is 4.14. The number of nitrogens with zero attached hydrogens (tertiary/aromatic N) is 1. The Labute approximate surface area is 199 Å². The van der Waals surface area contributed by atoms with E-state index < -0.39 is 54.5 Å². The van der Waals surface area contributed by atoms with E-state index in [4.69, 9.17) is 11.6 Å². The molecule has 1 heterocycles. The second kappa shape index (κ2) is 9.66. The molecule has 1 aliphatic heterocycles. The van der Waals surface area contributed by atoms with Gasteiger partial charge in [-0.3, -0.25) is 19.3 Å². The van der Waals surface area contributed by atoms with Crippen molar-refractivity contribution in [3.05, 3.63) is 64.9 Å². The minimum absolute atomic E-state index is 0.0730. The molecule has 1 saturated heterocycles. The van der Waals surface area contributed by atoms with Crippen LogP contribution in [-0.2, 0) is 14.4 Å². The molecule has 1 aliphatic carbocycles. The van der Waals surface area contributed by atoms with E-state index in [1.165, 1.54) is 24.3 Å². The molecule has 0 aromatic heterocycles. The van der Waals surface area contributed by atoms with Gasteiger partial charge < -0.3 is 10.6 Å². The SMILES string of the molecule is O=C1CCC[C@@H](C(=O)N(c2cccc(F)c2)C(C(=O)NC2CC(F)(F)C2)c2ccccc2Cl)N1. The zero-order chi connectivity index (χ0) is 24.5. The summed E-state index contributed by atoms with van der Waals surface area (Å²) < 4.78 is 41.0. The highest BCUT2D eigenvalue weighted by Crippen LogP contribution is 2.39. The molecule has 6 nitrogen and oxygen atoms in total. The summed E-state index contributed by atoms with van der Waals surface area (Å²) in [5.41, 5.74) is 0.316. The third-order valence-electron chi connectivity index (χ3n) is 6.00. The quantitative estimate of drug-likeness (QED) is 0.635. The van der Waals surface area contributed by atoms with E-state index in [-0.39, 0.29) is 28.6 Å². The first-order chi connectivity index (χ1) is 16.1. The molecule has 0 bridgehead atoms. The van der Waals surface area contributed by atoms with Crippen molar-refractivity contribution in [2.75, 3.05) is 4.90 Å². The van der Waals surface area contributed by atoms with Crippen LogP contribution in [0.3, 0.4) is 0 Å². The van der Waals surface area contributed by atoms with Gasteiger partial charge in [0.1, 0.15) is 17.9 Å². The number of halogens is 4.